The lowest BCUT2D eigenvalue weighted by Gasteiger charge is -2.06. The van der Waals surface area contributed by atoms with Crippen molar-refractivity contribution < 1.29 is 9.53 Å². The number of carbonyl (C=O) groups excluding carboxylic acids is 1. The number of hydrogen-bond donors (Lipinski definition) is 2. The molecular weight excluding hydrogens is 346 g/mol. The Hall–Kier alpha value is -3.49. The van der Waals surface area contributed by atoms with Gasteiger partial charge in [0, 0.05) is 11.8 Å². The molecule has 27 heavy (non-hydrogen) atoms. The van der Waals surface area contributed by atoms with Crippen LogP contribution in [0.5, 0.6) is 5.75 Å². The maximum absolute atomic E-state index is 11.9. The molecule has 0 saturated heterocycles. The van der Waals surface area contributed by atoms with Crippen LogP contribution in [0.15, 0.2) is 36.7 Å². The molecular formula is C18H21N7O2. The quantitative estimate of drug-likeness (QED) is 0.639. The van der Waals surface area contributed by atoms with E-state index in [9.17, 15) is 4.79 Å². The highest BCUT2D eigenvalue weighted by Crippen LogP contribution is 2.11. The molecule has 3 rings (SSSR count). The Morgan fingerprint density at radius 2 is 2.04 bits per heavy atom. The Labute approximate surface area is 156 Å². The number of hydrogen-bond acceptors (Lipinski definition) is 7. The van der Waals surface area contributed by atoms with E-state index in [1.54, 1.807) is 24.0 Å². The van der Waals surface area contributed by atoms with E-state index in [1.807, 2.05) is 31.2 Å². The van der Waals surface area contributed by atoms with Crippen LogP contribution in [0.4, 0.5) is 5.82 Å². The smallest absolute Gasteiger partial charge is 0.258 e. The maximum Gasteiger partial charge on any atom is 0.258 e. The SMILES string of the molecule is Cc1ccc(OCC(=O)NCc2cn(Cc3cnc(C)nc3N)nn2)cc1. The molecule has 9 heteroatoms. The Balaban J connectivity index is 1.47. The van der Waals surface area contributed by atoms with Crippen LogP contribution in [-0.4, -0.2) is 37.5 Å². The number of nitrogen functional groups attached to an aromatic ring is 1. The van der Waals surface area contributed by atoms with Gasteiger partial charge in [-0.1, -0.05) is 22.9 Å². The van der Waals surface area contributed by atoms with E-state index < -0.39 is 0 Å². The molecule has 0 fully saturated rings. The number of ether oxygens (including phenoxy) is 1. The predicted molar refractivity (Wildman–Crippen MR) is 98.8 cm³/mol. The van der Waals surface area contributed by atoms with Gasteiger partial charge in [-0.2, -0.15) is 0 Å². The topological polar surface area (TPSA) is 121 Å². The Bertz CT molecular complexity index is 922. The molecule has 0 unspecified atom stereocenters. The van der Waals surface area contributed by atoms with Crippen molar-refractivity contribution in [3.63, 3.8) is 0 Å². The fourth-order valence-corrected chi connectivity index (χ4v) is 2.33. The lowest BCUT2D eigenvalue weighted by Crippen LogP contribution is -2.28. The summed E-state index contributed by atoms with van der Waals surface area (Å²) in [5.74, 6) is 1.45. The molecule has 0 spiro atoms. The first-order valence-corrected chi connectivity index (χ1v) is 8.43. The number of carbonyl (C=O) groups is 1. The van der Waals surface area contributed by atoms with E-state index in [1.165, 1.54) is 0 Å². The summed E-state index contributed by atoms with van der Waals surface area (Å²) in [6.07, 6.45) is 3.41. The second-order valence-corrected chi connectivity index (χ2v) is 6.11. The first-order chi connectivity index (χ1) is 13.0. The monoisotopic (exact) mass is 367 g/mol. The van der Waals surface area contributed by atoms with Crippen molar-refractivity contribution in [1.82, 2.24) is 30.3 Å². The second-order valence-electron chi connectivity index (χ2n) is 6.11. The Morgan fingerprint density at radius 3 is 2.78 bits per heavy atom. The van der Waals surface area contributed by atoms with Crippen LogP contribution in [0.25, 0.3) is 0 Å². The molecule has 0 saturated carbocycles. The first kappa shape index (κ1) is 18.3. The summed E-state index contributed by atoms with van der Waals surface area (Å²) in [6.45, 7) is 4.37. The summed E-state index contributed by atoms with van der Waals surface area (Å²) in [5, 5.41) is 10.8. The minimum Gasteiger partial charge on any atom is -0.484 e. The molecule has 0 atom stereocenters. The highest BCUT2D eigenvalue weighted by molar-refractivity contribution is 5.77. The fraction of sp³-hybridized carbons (Fsp3) is 0.278. The third kappa shape index (κ3) is 5.24. The molecule has 9 nitrogen and oxygen atoms in total. The molecule has 0 aliphatic heterocycles. The number of nitrogens with zero attached hydrogens (tertiary/aromatic N) is 5. The van der Waals surface area contributed by atoms with Crippen LogP contribution in [0.1, 0.15) is 22.6 Å². The Kier molecular flexibility index (Phi) is 5.60. The lowest BCUT2D eigenvalue weighted by atomic mass is 10.2. The summed E-state index contributed by atoms with van der Waals surface area (Å²) in [6, 6.07) is 7.51. The van der Waals surface area contributed by atoms with Gasteiger partial charge in [0.25, 0.3) is 5.91 Å². The highest BCUT2D eigenvalue weighted by Gasteiger charge is 2.08. The van der Waals surface area contributed by atoms with Gasteiger partial charge in [0.05, 0.1) is 19.3 Å². The van der Waals surface area contributed by atoms with Crippen molar-refractivity contribution in [2.24, 2.45) is 0 Å². The number of amides is 1. The van der Waals surface area contributed by atoms with E-state index in [-0.39, 0.29) is 19.1 Å². The Morgan fingerprint density at radius 1 is 1.26 bits per heavy atom. The average Bonchev–Trinajstić information content (AvgIpc) is 3.09. The molecule has 1 amide bonds. The number of nitrogens with two attached hydrogens (primary N) is 1. The van der Waals surface area contributed by atoms with Gasteiger partial charge >= 0.3 is 0 Å². The fourth-order valence-electron chi connectivity index (χ4n) is 2.33. The van der Waals surface area contributed by atoms with E-state index in [0.717, 1.165) is 11.1 Å². The second kappa shape index (κ2) is 8.26. The van der Waals surface area contributed by atoms with Crippen LogP contribution in [0.2, 0.25) is 0 Å². The lowest BCUT2D eigenvalue weighted by molar-refractivity contribution is -0.123. The van der Waals surface area contributed by atoms with Crippen molar-refractivity contribution in [1.29, 1.82) is 0 Å². The van der Waals surface area contributed by atoms with Gasteiger partial charge < -0.3 is 15.8 Å². The third-order valence-electron chi connectivity index (χ3n) is 3.79. The largest absolute Gasteiger partial charge is 0.484 e. The zero-order valence-corrected chi connectivity index (χ0v) is 15.2. The molecule has 0 radical (unpaired) electrons. The first-order valence-electron chi connectivity index (χ1n) is 8.43. The van der Waals surface area contributed by atoms with Gasteiger partial charge in [0.1, 0.15) is 23.1 Å². The molecule has 1 aromatic carbocycles. The van der Waals surface area contributed by atoms with Gasteiger partial charge in [0.15, 0.2) is 6.61 Å². The zero-order chi connectivity index (χ0) is 19.2. The van der Waals surface area contributed by atoms with E-state index in [4.69, 9.17) is 10.5 Å². The van der Waals surface area contributed by atoms with Crippen molar-refractivity contribution >= 4 is 11.7 Å². The van der Waals surface area contributed by atoms with Crippen LogP contribution in [0, 0.1) is 13.8 Å². The summed E-state index contributed by atoms with van der Waals surface area (Å²) in [4.78, 5) is 20.2. The van der Waals surface area contributed by atoms with Gasteiger partial charge in [-0.25, -0.2) is 14.6 Å². The van der Waals surface area contributed by atoms with Gasteiger partial charge in [-0.3, -0.25) is 4.79 Å². The van der Waals surface area contributed by atoms with Crippen LogP contribution in [0.3, 0.4) is 0 Å². The van der Waals surface area contributed by atoms with E-state index in [0.29, 0.717) is 29.6 Å². The zero-order valence-electron chi connectivity index (χ0n) is 15.2. The summed E-state index contributed by atoms with van der Waals surface area (Å²) >= 11 is 0. The molecule has 2 heterocycles. The minimum absolute atomic E-state index is 0.0611. The summed E-state index contributed by atoms with van der Waals surface area (Å²) in [7, 11) is 0. The van der Waals surface area contributed by atoms with Crippen molar-refractivity contribution in [2.75, 3.05) is 12.3 Å². The van der Waals surface area contributed by atoms with Crippen molar-refractivity contribution in [3.8, 4) is 5.75 Å². The molecule has 0 aliphatic rings. The number of rotatable bonds is 7. The van der Waals surface area contributed by atoms with E-state index in [2.05, 4.69) is 25.6 Å². The van der Waals surface area contributed by atoms with Crippen molar-refractivity contribution in [3.05, 3.63) is 59.3 Å². The molecule has 0 aliphatic carbocycles. The predicted octanol–water partition coefficient (Wildman–Crippen LogP) is 1.01. The molecule has 0 bridgehead atoms. The normalized spacial score (nSPS) is 10.6. The number of anilines is 1. The minimum atomic E-state index is -0.235. The maximum atomic E-state index is 11.9. The molecule has 2 aromatic heterocycles. The summed E-state index contributed by atoms with van der Waals surface area (Å²) < 4.78 is 7.06. The third-order valence-corrected chi connectivity index (χ3v) is 3.79. The average molecular weight is 367 g/mol. The van der Waals surface area contributed by atoms with Crippen LogP contribution < -0.4 is 15.8 Å². The highest BCUT2D eigenvalue weighted by atomic mass is 16.5. The number of aromatic nitrogens is 5. The van der Waals surface area contributed by atoms with Crippen LogP contribution in [-0.2, 0) is 17.9 Å². The van der Waals surface area contributed by atoms with Gasteiger partial charge in [-0.15, -0.1) is 5.10 Å². The van der Waals surface area contributed by atoms with Crippen LogP contribution >= 0.6 is 0 Å². The van der Waals surface area contributed by atoms with Crippen molar-refractivity contribution in [2.45, 2.75) is 26.9 Å². The number of benzene rings is 1. The molecule has 3 aromatic rings. The molecule has 3 N–H and O–H groups in total. The standard InChI is InChI=1S/C18H21N7O2/c1-12-3-5-16(6-4-12)27-11-17(26)21-8-15-10-25(24-23-15)9-14-7-20-13(2)22-18(14)19/h3-7,10H,8-9,11H2,1-2H3,(H,21,26)(H2,19,20,22). The summed E-state index contributed by atoms with van der Waals surface area (Å²) in [5.41, 5.74) is 8.40. The molecule has 140 valence electrons. The number of nitrogens with one attached hydrogen (secondary N) is 1. The van der Waals surface area contributed by atoms with Gasteiger partial charge in [-0.05, 0) is 26.0 Å². The van der Waals surface area contributed by atoms with E-state index >= 15 is 0 Å². The number of aryl methyl sites for hydroxylation is 2. The van der Waals surface area contributed by atoms with Gasteiger partial charge in [0.2, 0.25) is 0 Å².